The number of ether oxygens (including phenoxy) is 2. The Kier molecular flexibility index (Phi) is 7.73. The van der Waals surface area contributed by atoms with Gasteiger partial charge in [-0.3, -0.25) is 4.90 Å². The first kappa shape index (κ1) is 18.8. The molecule has 2 unspecified atom stereocenters. The molecule has 25 heavy (non-hydrogen) atoms. The average Bonchev–Trinajstić information content (AvgIpc) is 3.08. The Hall–Kier alpha value is -0.943. The van der Waals surface area contributed by atoms with Crippen LogP contribution in [0.2, 0.25) is 6.04 Å². The lowest BCUT2D eigenvalue weighted by Crippen LogP contribution is -2.40. The molecule has 3 rings (SSSR count). The van der Waals surface area contributed by atoms with Gasteiger partial charge in [-0.25, -0.2) is 0 Å². The SMILES string of the molecule is [Si]CCCOCC1CN(C2CCCCC2)C(/C=C/c2ccccc2)O1. The molecule has 1 aliphatic carbocycles. The van der Waals surface area contributed by atoms with Gasteiger partial charge in [0.05, 0.1) is 12.7 Å². The molecule has 1 aliphatic heterocycles. The van der Waals surface area contributed by atoms with Crippen LogP contribution in [-0.4, -0.2) is 53.3 Å². The highest BCUT2D eigenvalue weighted by Crippen LogP contribution is 2.29. The molecule has 2 atom stereocenters. The predicted octanol–water partition coefficient (Wildman–Crippen LogP) is 4.05. The Morgan fingerprint density at radius 1 is 1.16 bits per heavy atom. The van der Waals surface area contributed by atoms with Crippen LogP contribution in [0, 0.1) is 0 Å². The third kappa shape index (κ3) is 5.78. The maximum Gasteiger partial charge on any atom is 0.131 e. The molecule has 0 N–H and O–H groups in total. The van der Waals surface area contributed by atoms with E-state index in [9.17, 15) is 0 Å². The van der Waals surface area contributed by atoms with E-state index in [1.807, 2.05) is 0 Å². The van der Waals surface area contributed by atoms with E-state index >= 15 is 0 Å². The second kappa shape index (κ2) is 10.3. The molecule has 1 heterocycles. The Balaban J connectivity index is 1.60. The van der Waals surface area contributed by atoms with Gasteiger partial charge in [-0.15, -0.1) is 0 Å². The molecule has 1 saturated heterocycles. The second-order valence-electron chi connectivity index (χ2n) is 7.09. The summed E-state index contributed by atoms with van der Waals surface area (Å²) in [5.74, 6) is 0. The summed E-state index contributed by atoms with van der Waals surface area (Å²) >= 11 is 0. The Labute approximate surface area is 155 Å². The van der Waals surface area contributed by atoms with Crippen LogP contribution in [-0.2, 0) is 9.47 Å². The van der Waals surface area contributed by atoms with Crippen molar-refractivity contribution in [3.05, 3.63) is 42.0 Å². The van der Waals surface area contributed by atoms with Crippen molar-refractivity contribution in [1.29, 1.82) is 0 Å². The quantitative estimate of drug-likeness (QED) is 0.518. The smallest absolute Gasteiger partial charge is 0.131 e. The number of benzene rings is 1. The summed E-state index contributed by atoms with van der Waals surface area (Å²) in [5.41, 5.74) is 1.23. The van der Waals surface area contributed by atoms with Crippen molar-refractivity contribution >= 4 is 16.3 Å². The molecule has 2 fully saturated rings. The average molecular weight is 357 g/mol. The molecule has 3 nitrogen and oxygen atoms in total. The van der Waals surface area contributed by atoms with E-state index < -0.39 is 0 Å². The van der Waals surface area contributed by atoms with Crippen LogP contribution < -0.4 is 0 Å². The van der Waals surface area contributed by atoms with Gasteiger partial charge >= 0.3 is 0 Å². The predicted molar refractivity (Wildman–Crippen MR) is 104 cm³/mol. The summed E-state index contributed by atoms with van der Waals surface area (Å²) < 4.78 is 12.1. The minimum Gasteiger partial charge on any atom is -0.379 e. The van der Waals surface area contributed by atoms with Gasteiger partial charge < -0.3 is 9.47 Å². The first-order valence-electron chi connectivity index (χ1n) is 9.73. The zero-order valence-electron chi connectivity index (χ0n) is 15.1. The van der Waals surface area contributed by atoms with Gasteiger partial charge in [0.25, 0.3) is 0 Å². The van der Waals surface area contributed by atoms with Crippen LogP contribution in [0.25, 0.3) is 6.08 Å². The standard InChI is InChI=1S/C21H30NO2Si/c25-15-7-14-23-17-20-16-22(19-10-5-2-6-11-19)21(24-20)13-12-18-8-3-1-4-9-18/h1,3-4,8-9,12-13,19-21H,2,5-7,10-11,14-17H2/b13-12+. The molecule has 1 aromatic rings. The van der Waals surface area contributed by atoms with Crippen molar-refractivity contribution in [1.82, 2.24) is 4.90 Å². The Morgan fingerprint density at radius 3 is 2.72 bits per heavy atom. The Bertz CT molecular complexity index is 516. The minimum atomic E-state index is 0.0766. The minimum absolute atomic E-state index is 0.0766. The summed E-state index contributed by atoms with van der Waals surface area (Å²) in [5, 5.41) is 0. The van der Waals surface area contributed by atoms with Gasteiger partial charge in [0.1, 0.15) is 6.23 Å². The number of hydrogen-bond donors (Lipinski definition) is 0. The second-order valence-corrected chi connectivity index (χ2v) is 7.59. The van der Waals surface area contributed by atoms with Crippen molar-refractivity contribution in [3.8, 4) is 0 Å². The van der Waals surface area contributed by atoms with Crippen LogP contribution in [0.5, 0.6) is 0 Å². The number of rotatable bonds is 8. The molecular formula is C21H30NO2Si. The molecule has 0 aromatic heterocycles. The molecule has 0 amide bonds. The van der Waals surface area contributed by atoms with Crippen molar-refractivity contribution in [2.45, 2.75) is 62.9 Å². The molecular weight excluding hydrogens is 326 g/mol. The summed E-state index contributed by atoms with van der Waals surface area (Å²) in [7, 11) is 3.49. The number of hydrogen-bond acceptors (Lipinski definition) is 3. The highest BCUT2D eigenvalue weighted by Gasteiger charge is 2.36. The zero-order chi connectivity index (χ0) is 17.3. The van der Waals surface area contributed by atoms with Crippen LogP contribution in [0.3, 0.4) is 0 Å². The summed E-state index contributed by atoms with van der Waals surface area (Å²) in [6.07, 6.45) is 12.4. The van der Waals surface area contributed by atoms with Gasteiger partial charge in [-0.05, 0) is 30.9 Å². The van der Waals surface area contributed by atoms with E-state index in [1.165, 1.54) is 37.7 Å². The van der Waals surface area contributed by atoms with E-state index in [-0.39, 0.29) is 12.3 Å². The zero-order valence-corrected chi connectivity index (χ0v) is 16.1. The molecule has 0 bridgehead atoms. The number of nitrogens with zero attached hydrogens (tertiary/aromatic N) is 1. The maximum atomic E-state index is 6.33. The fraction of sp³-hybridized carbons (Fsp3) is 0.619. The molecule has 4 heteroatoms. The maximum absolute atomic E-state index is 6.33. The van der Waals surface area contributed by atoms with Crippen LogP contribution in [0.15, 0.2) is 36.4 Å². The van der Waals surface area contributed by atoms with Gasteiger partial charge in [-0.1, -0.05) is 61.7 Å². The van der Waals surface area contributed by atoms with E-state index in [1.54, 1.807) is 0 Å². The van der Waals surface area contributed by atoms with E-state index in [0.29, 0.717) is 12.6 Å². The van der Waals surface area contributed by atoms with Gasteiger partial charge in [0.15, 0.2) is 0 Å². The third-order valence-corrected chi connectivity index (χ3v) is 5.49. The normalized spacial score (nSPS) is 25.8. The first-order valence-corrected chi connectivity index (χ1v) is 10.4. The van der Waals surface area contributed by atoms with Crippen molar-refractivity contribution < 1.29 is 9.47 Å². The van der Waals surface area contributed by atoms with Gasteiger partial charge in [-0.2, -0.15) is 0 Å². The van der Waals surface area contributed by atoms with Crippen LogP contribution >= 0.6 is 0 Å². The van der Waals surface area contributed by atoms with Gasteiger partial charge in [0.2, 0.25) is 0 Å². The first-order chi connectivity index (χ1) is 12.4. The summed E-state index contributed by atoms with van der Waals surface area (Å²) in [6, 6.07) is 12.1. The molecule has 0 spiro atoms. The Morgan fingerprint density at radius 2 is 1.96 bits per heavy atom. The fourth-order valence-corrected chi connectivity index (χ4v) is 3.97. The van der Waals surface area contributed by atoms with E-state index in [2.05, 4.69) is 57.6 Å². The fourth-order valence-electron chi connectivity index (χ4n) is 3.82. The largest absolute Gasteiger partial charge is 0.379 e. The monoisotopic (exact) mass is 356 g/mol. The molecule has 2 aliphatic rings. The molecule has 1 saturated carbocycles. The van der Waals surface area contributed by atoms with E-state index in [4.69, 9.17) is 9.47 Å². The lowest BCUT2D eigenvalue weighted by atomic mass is 9.94. The van der Waals surface area contributed by atoms with Crippen LogP contribution in [0.1, 0.15) is 44.1 Å². The third-order valence-electron chi connectivity index (χ3n) is 5.14. The highest BCUT2D eigenvalue weighted by molar-refractivity contribution is 6.08. The van der Waals surface area contributed by atoms with Crippen molar-refractivity contribution in [2.24, 2.45) is 0 Å². The lowest BCUT2D eigenvalue weighted by molar-refractivity contribution is -0.0194. The summed E-state index contributed by atoms with van der Waals surface area (Å²) in [4.78, 5) is 2.57. The van der Waals surface area contributed by atoms with Crippen LogP contribution in [0.4, 0.5) is 0 Å². The topological polar surface area (TPSA) is 21.7 Å². The highest BCUT2D eigenvalue weighted by atomic mass is 28.1. The molecule has 3 radical (unpaired) electrons. The van der Waals surface area contributed by atoms with Crippen molar-refractivity contribution in [2.75, 3.05) is 19.8 Å². The van der Waals surface area contributed by atoms with E-state index in [0.717, 1.165) is 25.6 Å². The van der Waals surface area contributed by atoms with Gasteiger partial charge in [0, 0.05) is 29.4 Å². The molecule has 1 aromatic carbocycles. The summed E-state index contributed by atoms with van der Waals surface area (Å²) in [6.45, 7) is 2.49. The van der Waals surface area contributed by atoms with Crippen molar-refractivity contribution in [3.63, 3.8) is 0 Å². The molecule has 135 valence electrons. The lowest BCUT2D eigenvalue weighted by Gasteiger charge is -2.33.